The maximum Gasteiger partial charge on any atom is 0.243 e. The number of nitrogens with zero attached hydrogens (tertiary/aromatic N) is 1. The first-order chi connectivity index (χ1) is 13.9. The Bertz CT molecular complexity index is 951. The number of benzene rings is 2. The van der Waals surface area contributed by atoms with Gasteiger partial charge in [0.15, 0.2) is 0 Å². The van der Waals surface area contributed by atoms with Crippen LogP contribution in [-0.4, -0.2) is 38.3 Å². The standard InChI is InChI=1S/C21H24ClFN2O3S/c22-20-8-2-1-5-16(20)6-3-13-24-21(26)17-7-4-14-25(15-17)29(27,28)19-11-9-18(23)10-12-19/h1-2,5,8-12,17H,3-4,6-7,13-15H2,(H,24,26)/t17-/m0/s1. The van der Waals surface area contributed by atoms with Gasteiger partial charge in [-0.1, -0.05) is 29.8 Å². The summed E-state index contributed by atoms with van der Waals surface area (Å²) in [6.07, 6.45) is 2.76. The summed E-state index contributed by atoms with van der Waals surface area (Å²) in [6.45, 7) is 0.997. The zero-order valence-corrected chi connectivity index (χ0v) is 17.6. The van der Waals surface area contributed by atoms with Crippen molar-refractivity contribution in [2.45, 2.75) is 30.6 Å². The molecule has 0 bridgehead atoms. The normalized spacial score (nSPS) is 17.8. The molecule has 0 saturated carbocycles. The van der Waals surface area contributed by atoms with E-state index in [0.717, 1.165) is 30.5 Å². The molecule has 0 aliphatic carbocycles. The van der Waals surface area contributed by atoms with E-state index < -0.39 is 15.8 Å². The lowest BCUT2D eigenvalue weighted by molar-refractivity contribution is -0.126. The van der Waals surface area contributed by atoms with E-state index in [1.807, 2.05) is 24.3 Å². The van der Waals surface area contributed by atoms with Gasteiger partial charge in [-0.25, -0.2) is 12.8 Å². The van der Waals surface area contributed by atoms with Crippen LogP contribution in [0, 0.1) is 11.7 Å². The lowest BCUT2D eigenvalue weighted by atomic mass is 9.99. The highest BCUT2D eigenvalue weighted by Crippen LogP contribution is 2.24. The molecule has 8 heteroatoms. The van der Waals surface area contributed by atoms with Gasteiger partial charge >= 0.3 is 0 Å². The van der Waals surface area contributed by atoms with Gasteiger partial charge in [-0.05, 0) is 61.6 Å². The quantitative estimate of drug-likeness (QED) is 0.671. The zero-order valence-electron chi connectivity index (χ0n) is 16.0. The van der Waals surface area contributed by atoms with Gasteiger partial charge in [0.25, 0.3) is 0 Å². The summed E-state index contributed by atoms with van der Waals surface area (Å²) in [5.74, 6) is -1.01. The van der Waals surface area contributed by atoms with Gasteiger partial charge in [0.05, 0.1) is 10.8 Å². The Balaban J connectivity index is 1.52. The van der Waals surface area contributed by atoms with E-state index in [-0.39, 0.29) is 23.3 Å². The van der Waals surface area contributed by atoms with Crippen LogP contribution in [0.5, 0.6) is 0 Å². The minimum atomic E-state index is -3.74. The number of hydrogen-bond donors (Lipinski definition) is 1. The van der Waals surface area contributed by atoms with Gasteiger partial charge in [0, 0.05) is 24.7 Å². The van der Waals surface area contributed by atoms with E-state index in [2.05, 4.69) is 5.32 Å². The molecule has 0 radical (unpaired) electrons. The van der Waals surface area contributed by atoms with Crippen molar-refractivity contribution in [2.75, 3.05) is 19.6 Å². The molecule has 1 heterocycles. The van der Waals surface area contributed by atoms with Gasteiger partial charge in [-0.3, -0.25) is 4.79 Å². The van der Waals surface area contributed by atoms with Gasteiger partial charge in [-0.2, -0.15) is 4.31 Å². The van der Waals surface area contributed by atoms with Crippen LogP contribution in [0.25, 0.3) is 0 Å². The van der Waals surface area contributed by atoms with Crippen LogP contribution in [0.15, 0.2) is 53.4 Å². The van der Waals surface area contributed by atoms with E-state index in [1.54, 1.807) is 0 Å². The summed E-state index contributed by atoms with van der Waals surface area (Å²) in [7, 11) is -3.74. The number of amides is 1. The lowest BCUT2D eigenvalue weighted by Gasteiger charge is -2.31. The van der Waals surface area contributed by atoms with Crippen molar-refractivity contribution in [3.8, 4) is 0 Å². The number of nitrogens with one attached hydrogen (secondary N) is 1. The topological polar surface area (TPSA) is 66.5 Å². The number of sulfonamides is 1. The Morgan fingerprint density at radius 3 is 2.62 bits per heavy atom. The monoisotopic (exact) mass is 438 g/mol. The van der Waals surface area contributed by atoms with E-state index in [4.69, 9.17) is 11.6 Å². The molecule has 156 valence electrons. The fraction of sp³-hybridized carbons (Fsp3) is 0.381. The Labute approximate surface area is 175 Å². The number of aryl methyl sites for hydroxylation is 1. The predicted molar refractivity (Wildman–Crippen MR) is 111 cm³/mol. The summed E-state index contributed by atoms with van der Waals surface area (Å²) < 4.78 is 40.0. The average Bonchev–Trinajstić information content (AvgIpc) is 2.72. The first kappa shape index (κ1) is 21.7. The molecule has 0 aromatic heterocycles. The number of carbonyl (C=O) groups is 1. The molecule has 1 aliphatic heterocycles. The highest BCUT2D eigenvalue weighted by molar-refractivity contribution is 7.89. The number of rotatable bonds is 7. The SMILES string of the molecule is O=C(NCCCc1ccccc1Cl)[C@H]1CCCN(S(=O)(=O)c2ccc(F)cc2)C1. The summed E-state index contributed by atoms with van der Waals surface area (Å²) in [5, 5.41) is 3.62. The average molecular weight is 439 g/mol. The number of carbonyl (C=O) groups excluding carboxylic acids is 1. The summed E-state index contributed by atoms with van der Waals surface area (Å²) in [4.78, 5) is 12.6. The minimum Gasteiger partial charge on any atom is -0.356 e. The van der Waals surface area contributed by atoms with Gasteiger partial charge in [-0.15, -0.1) is 0 Å². The van der Waals surface area contributed by atoms with Gasteiger partial charge < -0.3 is 5.32 Å². The molecule has 1 amide bonds. The molecule has 2 aromatic rings. The molecule has 1 saturated heterocycles. The molecule has 1 atom stereocenters. The maximum atomic E-state index is 13.1. The number of halogens is 2. The molecule has 0 unspecified atom stereocenters. The first-order valence-electron chi connectivity index (χ1n) is 9.65. The highest BCUT2D eigenvalue weighted by Gasteiger charge is 2.33. The molecule has 5 nitrogen and oxygen atoms in total. The van der Waals surface area contributed by atoms with Crippen molar-refractivity contribution in [1.82, 2.24) is 9.62 Å². The predicted octanol–water partition coefficient (Wildman–Crippen LogP) is 3.63. The Hall–Kier alpha value is -1.96. The molecule has 1 N–H and O–H groups in total. The Kier molecular flexibility index (Phi) is 7.27. The van der Waals surface area contributed by atoms with Crippen LogP contribution >= 0.6 is 11.6 Å². The second-order valence-corrected chi connectivity index (χ2v) is 9.49. The fourth-order valence-electron chi connectivity index (χ4n) is 3.47. The van der Waals surface area contributed by atoms with Crippen molar-refractivity contribution >= 4 is 27.5 Å². The lowest BCUT2D eigenvalue weighted by Crippen LogP contribution is -2.45. The van der Waals surface area contributed by atoms with Crippen LogP contribution in [0.2, 0.25) is 5.02 Å². The van der Waals surface area contributed by atoms with Crippen LogP contribution in [-0.2, 0) is 21.2 Å². The second kappa shape index (κ2) is 9.69. The molecule has 29 heavy (non-hydrogen) atoms. The molecule has 0 spiro atoms. The fourth-order valence-corrected chi connectivity index (χ4v) is 5.22. The summed E-state index contributed by atoms with van der Waals surface area (Å²) >= 11 is 6.13. The third kappa shape index (κ3) is 5.56. The van der Waals surface area contributed by atoms with E-state index >= 15 is 0 Å². The second-order valence-electron chi connectivity index (χ2n) is 7.14. The van der Waals surface area contributed by atoms with Crippen LogP contribution in [0.3, 0.4) is 0 Å². The third-order valence-corrected chi connectivity index (χ3v) is 7.33. The molecular weight excluding hydrogens is 415 g/mol. The van der Waals surface area contributed by atoms with E-state index in [0.29, 0.717) is 31.0 Å². The zero-order chi connectivity index (χ0) is 20.9. The van der Waals surface area contributed by atoms with Gasteiger partial charge in [0.2, 0.25) is 15.9 Å². The molecule has 1 aliphatic rings. The first-order valence-corrected chi connectivity index (χ1v) is 11.5. The van der Waals surface area contributed by atoms with Crippen LogP contribution in [0.1, 0.15) is 24.8 Å². The van der Waals surface area contributed by atoms with E-state index in [1.165, 1.54) is 16.4 Å². The van der Waals surface area contributed by atoms with Crippen molar-refractivity contribution in [3.63, 3.8) is 0 Å². The highest BCUT2D eigenvalue weighted by atomic mass is 35.5. The molecule has 2 aromatic carbocycles. The molecular formula is C21H24ClFN2O3S. The summed E-state index contributed by atoms with van der Waals surface area (Å²) in [5.41, 5.74) is 1.04. The smallest absolute Gasteiger partial charge is 0.243 e. The van der Waals surface area contributed by atoms with Gasteiger partial charge in [0.1, 0.15) is 5.82 Å². The van der Waals surface area contributed by atoms with Crippen molar-refractivity contribution in [2.24, 2.45) is 5.92 Å². The largest absolute Gasteiger partial charge is 0.356 e. The van der Waals surface area contributed by atoms with Crippen LogP contribution in [0.4, 0.5) is 4.39 Å². The van der Waals surface area contributed by atoms with Crippen molar-refractivity contribution in [3.05, 3.63) is 64.9 Å². The molecule has 1 fully saturated rings. The maximum absolute atomic E-state index is 13.1. The minimum absolute atomic E-state index is 0.0414. The third-order valence-electron chi connectivity index (χ3n) is 5.09. The Morgan fingerprint density at radius 1 is 1.17 bits per heavy atom. The van der Waals surface area contributed by atoms with Crippen molar-refractivity contribution < 1.29 is 17.6 Å². The number of hydrogen-bond acceptors (Lipinski definition) is 3. The molecule has 3 rings (SSSR count). The van der Waals surface area contributed by atoms with Crippen molar-refractivity contribution in [1.29, 1.82) is 0 Å². The Morgan fingerprint density at radius 2 is 1.90 bits per heavy atom. The van der Waals surface area contributed by atoms with E-state index in [9.17, 15) is 17.6 Å². The summed E-state index contributed by atoms with van der Waals surface area (Å²) in [6, 6.07) is 12.4. The number of piperidine rings is 1. The van der Waals surface area contributed by atoms with Crippen LogP contribution < -0.4 is 5.32 Å².